The number of methoxy groups -OCH3 is 2. The third kappa shape index (κ3) is 5.70. The first-order valence-electron chi connectivity index (χ1n) is 11.0. The third-order valence-electron chi connectivity index (χ3n) is 6.02. The summed E-state index contributed by atoms with van der Waals surface area (Å²) in [6, 6.07) is 12.7. The number of likely N-dealkylation sites (tertiary alicyclic amines) is 1. The molecule has 0 atom stereocenters. The highest BCUT2D eigenvalue weighted by Gasteiger charge is 2.36. The van der Waals surface area contributed by atoms with Crippen LogP contribution >= 0.6 is 22.9 Å². The van der Waals surface area contributed by atoms with Crippen LogP contribution in [0.15, 0.2) is 48.7 Å². The van der Waals surface area contributed by atoms with Crippen molar-refractivity contribution in [1.29, 1.82) is 0 Å². The number of hydrogen-bond acceptors (Lipinski definition) is 7. The van der Waals surface area contributed by atoms with Crippen molar-refractivity contribution in [2.24, 2.45) is 0 Å². The van der Waals surface area contributed by atoms with Crippen molar-refractivity contribution < 1.29 is 19.4 Å². The van der Waals surface area contributed by atoms with Crippen molar-refractivity contribution >= 4 is 28.8 Å². The predicted octanol–water partition coefficient (Wildman–Crippen LogP) is 4.23. The average Bonchev–Trinajstić information content (AvgIpc) is 3.34. The van der Waals surface area contributed by atoms with Crippen molar-refractivity contribution in [1.82, 2.24) is 15.2 Å². The fourth-order valence-electron chi connectivity index (χ4n) is 4.01. The summed E-state index contributed by atoms with van der Waals surface area (Å²) < 4.78 is 10.7. The molecule has 1 aliphatic heterocycles. The fourth-order valence-corrected chi connectivity index (χ4v) is 5.13. The lowest BCUT2D eigenvalue weighted by Crippen LogP contribution is -2.42. The quantitative estimate of drug-likeness (QED) is 0.480. The zero-order valence-corrected chi connectivity index (χ0v) is 20.8. The molecule has 1 aromatic heterocycles. The summed E-state index contributed by atoms with van der Waals surface area (Å²) in [6.45, 7) is 2.65. The molecule has 2 aromatic carbocycles. The Kier molecular flexibility index (Phi) is 7.73. The SMILES string of the molecule is COc1ccc(CN2CCC(O)(c3ncc(CNC(=O)c4ccc(Cl)cc4)s3)CC2)cc1OC. The molecule has 0 aliphatic carbocycles. The molecule has 2 heterocycles. The summed E-state index contributed by atoms with van der Waals surface area (Å²) in [6.07, 6.45) is 2.94. The molecule has 2 N–H and O–H groups in total. The maximum Gasteiger partial charge on any atom is 0.251 e. The van der Waals surface area contributed by atoms with Gasteiger partial charge in [-0.1, -0.05) is 17.7 Å². The van der Waals surface area contributed by atoms with Crippen molar-refractivity contribution in [2.75, 3.05) is 27.3 Å². The van der Waals surface area contributed by atoms with E-state index in [0.29, 0.717) is 46.5 Å². The smallest absolute Gasteiger partial charge is 0.251 e. The van der Waals surface area contributed by atoms with E-state index in [2.05, 4.69) is 15.2 Å². The highest BCUT2D eigenvalue weighted by atomic mass is 35.5. The maximum atomic E-state index is 12.3. The molecule has 1 saturated heterocycles. The topological polar surface area (TPSA) is 83.9 Å². The maximum absolute atomic E-state index is 12.3. The van der Waals surface area contributed by atoms with Crippen molar-refractivity contribution in [3.8, 4) is 11.5 Å². The highest BCUT2D eigenvalue weighted by Crippen LogP contribution is 2.36. The molecule has 180 valence electrons. The van der Waals surface area contributed by atoms with Crippen LogP contribution in [0.4, 0.5) is 0 Å². The van der Waals surface area contributed by atoms with Gasteiger partial charge in [0.15, 0.2) is 11.5 Å². The van der Waals surface area contributed by atoms with Crippen LogP contribution in [0, 0.1) is 0 Å². The molecule has 0 bridgehead atoms. The Balaban J connectivity index is 1.31. The zero-order chi connectivity index (χ0) is 24.1. The number of nitrogens with zero attached hydrogens (tertiary/aromatic N) is 2. The molecule has 3 aromatic rings. The molecule has 1 aliphatic rings. The second kappa shape index (κ2) is 10.7. The number of nitrogens with one attached hydrogen (secondary N) is 1. The van der Waals surface area contributed by atoms with Crippen molar-refractivity contribution in [3.63, 3.8) is 0 Å². The molecular weight excluding hydrogens is 474 g/mol. The van der Waals surface area contributed by atoms with Gasteiger partial charge < -0.3 is 19.9 Å². The summed E-state index contributed by atoms with van der Waals surface area (Å²) in [7, 11) is 3.26. The van der Waals surface area contributed by atoms with E-state index < -0.39 is 5.60 Å². The lowest BCUT2D eigenvalue weighted by Gasteiger charge is -2.37. The Labute approximate surface area is 208 Å². The van der Waals surface area contributed by atoms with Gasteiger partial charge in [0.1, 0.15) is 10.6 Å². The Morgan fingerprint density at radius 1 is 1.15 bits per heavy atom. The largest absolute Gasteiger partial charge is 0.493 e. The van der Waals surface area contributed by atoms with Crippen LogP contribution in [0.2, 0.25) is 5.02 Å². The first kappa shape index (κ1) is 24.5. The Morgan fingerprint density at radius 2 is 1.85 bits per heavy atom. The minimum atomic E-state index is -0.947. The van der Waals surface area contributed by atoms with E-state index in [1.165, 1.54) is 11.3 Å². The van der Waals surface area contributed by atoms with Crippen molar-refractivity contribution in [3.05, 3.63) is 74.7 Å². The summed E-state index contributed by atoms with van der Waals surface area (Å²) >= 11 is 7.32. The standard InChI is InChI=1S/C25H28ClN3O4S/c1-32-21-8-3-17(13-22(21)33-2)16-29-11-9-25(31,10-12-29)24-28-15-20(34-24)14-27-23(30)18-4-6-19(26)7-5-18/h3-8,13,15,31H,9-12,14,16H2,1-2H3,(H,27,30). The van der Waals surface area contributed by atoms with Gasteiger partial charge in [-0.05, 0) is 54.8 Å². The molecule has 1 amide bonds. The number of halogens is 1. The van der Waals surface area contributed by atoms with E-state index in [-0.39, 0.29) is 5.91 Å². The predicted molar refractivity (Wildman–Crippen MR) is 133 cm³/mol. The Bertz CT molecular complexity index is 1130. The minimum absolute atomic E-state index is 0.172. The molecule has 0 radical (unpaired) electrons. The highest BCUT2D eigenvalue weighted by molar-refractivity contribution is 7.11. The van der Waals surface area contributed by atoms with Crippen LogP contribution in [0.1, 0.15) is 38.6 Å². The van der Waals surface area contributed by atoms with Gasteiger partial charge in [0, 0.05) is 41.3 Å². The lowest BCUT2D eigenvalue weighted by atomic mass is 9.92. The van der Waals surface area contributed by atoms with E-state index in [4.69, 9.17) is 21.1 Å². The van der Waals surface area contributed by atoms with Crippen LogP contribution in [0.25, 0.3) is 0 Å². The third-order valence-corrected chi connectivity index (χ3v) is 7.46. The van der Waals surface area contributed by atoms with Gasteiger partial charge >= 0.3 is 0 Å². The second-order valence-corrected chi connectivity index (χ2v) is 9.87. The number of piperidine rings is 1. The fraction of sp³-hybridized carbons (Fsp3) is 0.360. The van der Waals surface area contributed by atoms with E-state index in [1.54, 1.807) is 44.7 Å². The number of amides is 1. The van der Waals surface area contributed by atoms with E-state index in [9.17, 15) is 9.90 Å². The van der Waals surface area contributed by atoms with Gasteiger partial charge in [0.25, 0.3) is 5.91 Å². The molecule has 0 saturated carbocycles. The molecule has 7 nitrogen and oxygen atoms in total. The van der Waals surface area contributed by atoms with Gasteiger partial charge in [0.05, 0.1) is 20.8 Å². The van der Waals surface area contributed by atoms with Gasteiger partial charge in [-0.25, -0.2) is 4.98 Å². The summed E-state index contributed by atoms with van der Waals surface area (Å²) in [4.78, 5) is 20.0. The van der Waals surface area contributed by atoms with Gasteiger partial charge in [0.2, 0.25) is 0 Å². The molecule has 0 spiro atoms. The molecule has 9 heteroatoms. The number of rotatable bonds is 8. The van der Waals surface area contributed by atoms with Crippen LogP contribution in [0.5, 0.6) is 11.5 Å². The number of benzene rings is 2. The number of aromatic nitrogens is 1. The molecule has 4 rings (SSSR count). The first-order valence-corrected chi connectivity index (χ1v) is 12.2. The Hall–Kier alpha value is -2.65. The summed E-state index contributed by atoms with van der Waals surface area (Å²) in [5.74, 6) is 1.25. The van der Waals surface area contributed by atoms with E-state index >= 15 is 0 Å². The summed E-state index contributed by atoms with van der Waals surface area (Å²) in [5.41, 5.74) is 0.739. The van der Waals surface area contributed by atoms with E-state index in [0.717, 1.165) is 30.1 Å². The van der Waals surface area contributed by atoms with Gasteiger partial charge in [-0.15, -0.1) is 11.3 Å². The van der Waals surface area contributed by atoms with Crippen LogP contribution < -0.4 is 14.8 Å². The lowest BCUT2D eigenvalue weighted by molar-refractivity contribution is -0.0278. The number of ether oxygens (including phenoxy) is 2. The number of carbonyl (C=O) groups is 1. The van der Waals surface area contributed by atoms with Crippen LogP contribution in [-0.4, -0.2) is 48.2 Å². The van der Waals surface area contributed by atoms with Gasteiger partial charge in [-0.3, -0.25) is 9.69 Å². The first-order chi connectivity index (χ1) is 16.4. The molecular formula is C25H28ClN3O4S. The normalized spacial score (nSPS) is 15.6. The number of carbonyl (C=O) groups excluding carboxylic acids is 1. The second-order valence-electron chi connectivity index (χ2n) is 8.32. The molecule has 34 heavy (non-hydrogen) atoms. The summed E-state index contributed by atoms with van der Waals surface area (Å²) in [5, 5.41) is 15.4. The van der Waals surface area contributed by atoms with E-state index in [1.807, 2.05) is 18.2 Å². The molecule has 1 fully saturated rings. The average molecular weight is 502 g/mol. The molecule has 0 unspecified atom stereocenters. The minimum Gasteiger partial charge on any atom is -0.493 e. The number of thiazole rings is 1. The van der Waals surface area contributed by atoms with Gasteiger partial charge in [-0.2, -0.15) is 0 Å². The zero-order valence-electron chi connectivity index (χ0n) is 19.2. The number of aliphatic hydroxyl groups is 1. The monoisotopic (exact) mass is 501 g/mol. The number of hydrogen-bond donors (Lipinski definition) is 2. The van der Waals surface area contributed by atoms with Crippen LogP contribution in [-0.2, 0) is 18.7 Å². The van der Waals surface area contributed by atoms with Crippen molar-refractivity contribution in [2.45, 2.75) is 31.5 Å². The Morgan fingerprint density at radius 3 is 2.53 bits per heavy atom. The van der Waals surface area contributed by atoms with Crippen LogP contribution in [0.3, 0.4) is 0 Å².